The van der Waals surface area contributed by atoms with Gasteiger partial charge >= 0.3 is 0 Å². The summed E-state index contributed by atoms with van der Waals surface area (Å²) in [6.07, 6.45) is -0.551. The Hall–Kier alpha value is -2.29. The molecule has 0 bridgehead atoms. The summed E-state index contributed by atoms with van der Waals surface area (Å²) in [4.78, 5) is 16.3. The smallest absolute Gasteiger partial charge is 0.253 e. The number of nitrogens with one attached hydrogen (secondary N) is 2. The van der Waals surface area contributed by atoms with Crippen molar-refractivity contribution in [3.05, 3.63) is 30.1 Å². The number of carbonyl (C=O) groups is 1. The predicted molar refractivity (Wildman–Crippen MR) is 90.2 cm³/mol. The largest absolute Gasteiger partial charge is 0.379 e. The molecule has 1 unspecified atom stereocenters. The van der Waals surface area contributed by atoms with Gasteiger partial charge in [-0.05, 0) is 38.1 Å². The third-order valence-corrected chi connectivity index (χ3v) is 3.30. The van der Waals surface area contributed by atoms with Gasteiger partial charge in [0.1, 0.15) is 11.9 Å². The molecule has 2 aromatic rings. The summed E-state index contributed by atoms with van der Waals surface area (Å²) in [7, 11) is 0. The van der Waals surface area contributed by atoms with Crippen LogP contribution < -0.4 is 11.1 Å². The van der Waals surface area contributed by atoms with Gasteiger partial charge in [0.25, 0.3) is 5.91 Å². The maximum absolute atomic E-state index is 12.1. The molecule has 1 amide bonds. The van der Waals surface area contributed by atoms with Gasteiger partial charge in [-0.25, -0.2) is 4.98 Å². The minimum atomic E-state index is -0.551. The summed E-state index contributed by atoms with van der Waals surface area (Å²) in [5.74, 6) is 0.990. The zero-order chi connectivity index (χ0) is 17.4. The number of nitrogens with two attached hydrogens (primary N) is 1. The monoisotopic (exact) mass is 333 g/mol. The van der Waals surface area contributed by atoms with Crippen LogP contribution in [0, 0.1) is 0 Å². The summed E-state index contributed by atoms with van der Waals surface area (Å²) in [6.45, 7) is 5.42. The molecule has 1 aromatic carbocycles. The quantitative estimate of drug-likeness (QED) is 0.596. The Bertz CT molecular complexity index is 641. The lowest BCUT2D eigenvalue weighted by molar-refractivity contribution is -0.127. The maximum atomic E-state index is 12.1. The van der Waals surface area contributed by atoms with E-state index in [9.17, 15) is 4.79 Å². The molecule has 0 saturated carbocycles. The number of aromatic amines is 1. The van der Waals surface area contributed by atoms with Gasteiger partial charge in [-0.2, -0.15) is 5.10 Å². The zero-order valence-electron chi connectivity index (χ0n) is 13.9. The second-order valence-electron chi connectivity index (χ2n) is 5.09. The molecular formula is C16H23N5O3. The first kappa shape index (κ1) is 18.1. The molecule has 1 heterocycles. The van der Waals surface area contributed by atoms with Crippen molar-refractivity contribution in [1.82, 2.24) is 15.2 Å². The van der Waals surface area contributed by atoms with Gasteiger partial charge < -0.3 is 20.5 Å². The summed E-state index contributed by atoms with van der Waals surface area (Å²) in [6, 6.07) is 7.25. The van der Waals surface area contributed by atoms with Crippen LogP contribution in [0.3, 0.4) is 0 Å². The van der Waals surface area contributed by atoms with Gasteiger partial charge in [0, 0.05) is 17.9 Å². The second-order valence-corrected chi connectivity index (χ2v) is 5.09. The van der Waals surface area contributed by atoms with E-state index in [-0.39, 0.29) is 5.91 Å². The van der Waals surface area contributed by atoms with Crippen LogP contribution >= 0.6 is 0 Å². The fourth-order valence-corrected chi connectivity index (χ4v) is 1.97. The van der Waals surface area contributed by atoms with E-state index >= 15 is 0 Å². The molecule has 0 fully saturated rings. The van der Waals surface area contributed by atoms with Crippen molar-refractivity contribution >= 4 is 11.6 Å². The van der Waals surface area contributed by atoms with E-state index in [2.05, 4.69) is 20.5 Å². The topological polar surface area (TPSA) is 115 Å². The number of carbonyl (C=O) groups excluding carboxylic acids is 1. The molecule has 8 nitrogen and oxygen atoms in total. The molecule has 0 saturated heterocycles. The Kier molecular flexibility index (Phi) is 6.86. The van der Waals surface area contributed by atoms with Gasteiger partial charge in [-0.3, -0.25) is 9.89 Å². The zero-order valence-corrected chi connectivity index (χ0v) is 13.9. The van der Waals surface area contributed by atoms with Crippen molar-refractivity contribution in [2.75, 3.05) is 25.1 Å². The number of ether oxygens (including phenoxy) is 2. The van der Waals surface area contributed by atoms with Crippen LogP contribution in [0.2, 0.25) is 0 Å². The summed E-state index contributed by atoms with van der Waals surface area (Å²) in [5.41, 5.74) is 7.02. The first-order valence-corrected chi connectivity index (χ1v) is 7.86. The number of hydrogen-bond donors (Lipinski definition) is 3. The minimum absolute atomic E-state index is 0.206. The number of rotatable bonds is 9. The minimum Gasteiger partial charge on any atom is -0.379 e. The molecule has 24 heavy (non-hydrogen) atoms. The Balaban J connectivity index is 1.87. The Labute approximate surface area is 140 Å². The molecule has 2 rings (SSSR count). The average Bonchev–Trinajstić information content (AvgIpc) is 3.08. The fourth-order valence-electron chi connectivity index (χ4n) is 1.97. The van der Waals surface area contributed by atoms with E-state index in [1.54, 1.807) is 19.1 Å². The summed E-state index contributed by atoms with van der Waals surface area (Å²) >= 11 is 0. The SMILES string of the molecule is CCOCCOC(C)C(=O)Nc1ccc(-c2n[nH]c(CN)n2)cc1. The van der Waals surface area contributed by atoms with E-state index in [1.807, 2.05) is 19.1 Å². The fraction of sp³-hybridized carbons (Fsp3) is 0.438. The van der Waals surface area contributed by atoms with Crippen LogP contribution in [0.5, 0.6) is 0 Å². The van der Waals surface area contributed by atoms with Crippen molar-refractivity contribution in [3.8, 4) is 11.4 Å². The lowest BCUT2D eigenvalue weighted by atomic mass is 10.2. The molecule has 0 aliphatic heterocycles. The lowest BCUT2D eigenvalue weighted by Gasteiger charge is -2.13. The van der Waals surface area contributed by atoms with Crippen molar-refractivity contribution in [1.29, 1.82) is 0 Å². The maximum Gasteiger partial charge on any atom is 0.253 e. The third kappa shape index (κ3) is 5.12. The molecule has 0 aliphatic rings. The van der Waals surface area contributed by atoms with Crippen molar-refractivity contribution in [2.45, 2.75) is 26.5 Å². The van der Waals surface area contributed by atoms with E-state index in [4.69, 9.17) is 15.2 Å². The first-order valence-electron chi connectivity index (χ1n) is 7.86. The average molecular weight is 333 g/mol. The highest BCUT2D eigenvalue weighted by Gasteiger charge is 2.13. The molecule has 0 aliphatic carbocycles. The van der Waals surface area contributed by atoms with E-state index in [0.717, 1.165) is 5.56 Å². The Morgan fingerprint density at radius 3 is 2.71 bits per heavy atom. The number of H-pyrrole nitrogens is 1. The van der Waals surface area contributed by atoms with E-state index in [1.165, 1.54) is 0 Å². The van der Waals surface area contributed by atoms with E-state index in [0.29, 0.717) is 43.7 Å². The van der Waals surface area contributed by atoms with E-state index < -0.39 is 6.10 Å². The van der Waals surface area contributed by atoms with Crippen LogP contribution in [0.1, 0.15) is 19.7 Å². The third-order valence-electron chi connectivity index (χ3n) is 3.30. The molecule has 8 heteroatoms. The highest BCUT2D eigenvalue weighted by Crippen LogP contribution is 2.18. The van der Waals surface area contributed by atoms with Gasteiger partial charge in [0.05, 0.1) is 19.8 Å². The molecule has 130 valence electrons. The predicted octanol–water partition coefficient (Wildman–Crippen LogP) is 1.31. The van der Waals surface area contributed by atoms with Crippen LogP contribution in [-0.4, -0.2) is 47.0 Å². The highest BCUT2D eigenvalue weighted by atomic mass is 16.5. The lowest BCUT2D eigenvalue weighted by Crippen LogP contribution is -2.28. The Morgan fingerprint density at radius 1 is 1.33 bits per heavy atom. The summed E-state index contributed by atoms with van der Waals surface area (Å²) in [5, 5.41) is 9.66. The molecular weight excluding hydrogens is 310 g/mol. The number of amides is 1. The molecule has 1 aromatic heterocycles. The number of benzene rings is 1. The molecule has 1 atom stereocenters. The molecule has 0 radical (unpaired) electrons. The first-order chi connectivity index (χ1) is 11.6. The number of anilines is 1. The van der Waals surface area contributed by atoms with Gasteiger partial charge in [-0.1, -0.05) is 0 Å². The van der Waals surface area contributed by atoms with Crippen LogP contribution in [0.25, 0.3) is 11.4 Å². The number of aromatic nitrogens is 3. The van der Waals surface area contributed by atoms with Crippen molar-refractivity contribution < 1.29 is 14.3 Å². The van der Waals surface area contributed by atoms with Crippen LogP contribution in [0.15, 0.2) is 24.3 Å². The molecule has 0 spiro atoms. The summed E-state index contributed by atoms with van der Waals surface area (Å²) < 4.78 is 10.6. The molecule has 4 N–H and O–H groups in total. The van der Waals surface area contributed by atoms with Gasteiger partial charge in [-0.15, -0.1) is 0 Å². The Morgan fingerprint density at radius 2 is 2.08 bits per heavy atom. The number of nitrogens with zero attached hydrogens (tertiary/aromatic N) is 2. The number of hydrogen-bond acceptors (Lipinski definition) is 6. The standard InChI is InChI=1S/C16H23N5O3/c1-3-23-8-9-24-11(2)16(22)18-13-6-4-12(5-7-13)15-19-14(10-17)20-21-15/h4-7,11H,3,8-10,17H2,1-2H3,(H,18,22)(H,19,20,21). The normalized spacial score (nSPS) is 12.1. The van der Waals surface area contributed by atoms with Crippen LogP contribution in [0.4, 0.5) is 5.69 Å². The highest BCUT2D eigenvalue weighted by molar-refractivity contribution is 5.94. The second kappa shape index (κ2) is 9.11. The van der Waals surface area contributed by atoms with Crippen LogP contribution in [-0.2, 0) is 20.8 Å². The van der Waals surface area contributed by atoms with Gasteiger partial charge in [0.2, 0.25) is 0 Å². The van der Waals surface area contributed by atoms with Gasteiger partial charge in [0.15, 0.2) is 5.82 Å². The van der Waals surface area contributed by atoms with Crippen molar-refractivity contribution in [3.63, 3.8) is 0 Å². The van der Waals surface area contributed by atoms with Crippen molar-refractivity contribution in [2.24, 2.45) is 5.73 Å².